The van der Waals surface area contributed by atoms with E-state index in [1.807, 2.05) is 25.1 Å². The molecule has 0 N–H and O–H groups in total. The van der Waals surface area contributed by atoms with Crippen molar-refractivity contribution in [3.63, 3.8) is 0 Å². The lowest BCUT2D eigenvalue weighted by atomic mass is 9.96. The highest BCUT2D eigenvalue weighted by Gasteiger charge is 2.38. The molecular weight excluding hydrogens is 236 g/mol. The Hall–Kier alpha value is -1.41. The molecule has 2 aliphatic carbocycles. The molecule has 0 amide bonds. The molecule has 1 saturated carbocycles. The van der Waals surface area contributed by atoms with Gasteiger partial charge in [-0.2, -0.15) is 0 Å². The van der Waals surface area contributed by atoms with E-state index in [1.165, 1.54) is 24.0 Å². The summed E-state index contributed by atoms with van der Waals surface area (Å²) < 4.78 is 5.96. The van der Waals surface area contributed by atoms with E-state index in [0.717, 1.165) is 12.0 Å². The fraction of sp³-hybridized carbons (Fsp3) is 0.471. The monoisotopic (exact) mass is 256 g/mol. The fourth-order valence-electron chi connectivity index (χ4n) is 3.02. The average molecular weight is 256 g/mol. The summed E-state index contributed by atoms with van der Waals surface area (Å²) in [7, 11) is 0. The van der Waals surface area contributed by atoms with Crippen LogP contribution in [0.2, 0.25) is 0 Å². The van der Waals surface area contributed by atoms with Crippen LogP contribution in [0.3, 0.4) is 0 Å². The van der Waals surface area contributed by atoms with Gasteiger partial charge in [-0.05, 0) is 43.2 Å². The lowest BCUT2D eigenvalue weighted by Crippen LogP contribution is -2.09. The third-order valence-corrected chi connectivity index (χ3v) is 4.01. The van der Waals surface area contributed by atoms with Crippen LogP contribution in [-0.2, 0) is 9.53 Å². The molecule has 0 aromatic heterocycles. The predicted octanol–water partition coefficient (Wildman–Crippen LogP) is 3.83. The van der Waals surface area contributed by atoms with Gasteiger partial charge >= 0.3 is 0 Å². The number of ether oxygens (including phenoxy) is 1. The van der Waals surface area contributed by atoms with Gasteiger partial charge in [0.15, 0.2) is 5.78 Å². The third-order valence-electron chi connectivity index (χ3n) is 4.01. The summed E-state index contributed by atoms with van der Waals surface area (Å²) in [5, 5.41) is 0. The van der Waals surface area contributed by atoms with Crippen LogP contribution in [0.4, 0.5) is 0 Å². The van der Waals surface area contributed by atoms with Crippen molar-refractivity contribution in [1.82, 2.24) is 0 Å². The van der Waals surface area contributed by atoms with Crippen LogP contribution < -0.4 is 0 Å². The zero-order valence-electron chi connectivity index (χ0n) is 11.4. The number of hydrogen-bond acceptors (Lipinski definition) is 2. The minimum absolute atomic E-state index is 0.0201. The van der Waals surface area contributed by atoms with Crippen molar-refractivity contribution < 1.29 is 9.53 Å². The minimum atomic E-state index is -0.0201. The number of carbonyl (C=O) groups excluding carboxylic acids is 1. The summed E-state index contributed by atoms with van der Waals surface area (Å²) in [5.41, 5.74) is 3.52. The second kappa shape index (κ2) is 5.30. The van der Waals surface area contributed by atoms with Crippen LogP contribution in [0, 0.1) is 5.92 Å². The Bertz CT molecular complexity index is 497. The molecule has 0 radical (unpaired) electrons. The van der Waals surface area contributed by atoms with Gasteiger partial charge in [-0.15, -0.1) is 0 Å². The molecule has 0 spiro atoms. The SMILES string of the molecule is CCOC(C1=C(C2CC2)C(=O)CC1)c1ccccc1. The van der Waals surface area contributed by atoms with E-state index in [1.54, 1.807) is 0 Å². The van der Waals surface area contributed by atoms with Crippen molar-refractivity contribution in [3.05, 3.63) is 47.0 Å². The first-order chi connectivity index (χ1) is 9.31. The van der Waals surface area contributed by atoms with Gasteiger partial charge in [0, 0.05) is 18.6 Å². The molecule has 2 nitrogen and oxygen atoms in total. The summed E-state index contributed by atoms with van der Waals surface area (Å²) >= 11 is 0. The smallest absolute Gasteiger partial charge is 0.159 e. The van der Waals surface area contributed by atoms with E-state index in [9.17, 15) is 4.79 Å². The van der Waals surface area contributed by atoms with Crippen LogP contribution in [0.5, 0.6) is 0 Å². The van der Waals surface area contributed by atoms with Crippen LogP contribution in [0.25, 0.3) is 0 Å². The average Bonchev–Trinajstić information content (AvgIpc) is 3.20. The molecule has 0 heterocycles. The van der Waals surface area contributed by atoms with Crippen LogP contribution in [0.15, 0.2) is 41.5 Å². The molecule has 1 fully saturated rings. The van der Waals surface area contributed by atoms with Crippen molar-refractivity contribution in [2.45, 2.75) is 38.7 Å². The highest BCUT2D eigenvalue weighted by atomic mass is 16.5. The van der Waals surface area contributed by atoms with Gasteiger partial charge in [0.25, 0.3) is 0 Å². The van der Waals surface area contributed by atoms with E-state index in [2.05, 4.69) is 12.1 Å². The van der Waals surface area contributed by atoms with Crippen LogP contribution in [-0.4, -0.2) is 12.4 Å². The van der Waals surface area contributed by atoms with Crippen molar-refractivity contribution in [3.8, 4) is 0 Å². The molecule has 1 aromatic rings. The van der Waals surface area contributed by atoms with E-state index in [-0.39, 0.29) is 6.10 Å². The van der Waals surface area contributed by atoms with Gasteiger partial charge in [-0.1, -0.05) is 30.3 Å². The predicted molar refractivity (Wildman–Crippen MR) is 74.8 cm³/mol. The molecule has 0 saturated heterocycles. The van der Waals surface area contributed by atoms with Gasteiger partial charge in [-0.3, -0.25) is 4.79 Å². The van der Waals surface area contributed by atoms with E-state index in [0.29, 0.717) is 24.7 Å². The number of benzene rings is 1. The maximum atomic E-state index is 12.1. The van der Waals surface area contributed by atoms with E-state index >= 15 is 0 Å². The zero-order chi connectivity index (χ0) is 13.2. The maximum absolute atomic E-state index is 12.1. The minimum Gasteiger partial charge on any atom is -0.369 e. The van der Waals surface area contributed by atoms with Crippen molar-refractivity contribution in [2.75, 3.05) is 6.61 Å². The number of allylic oxidation sites excluding steroid dienone is 1. The normalized spacial score (nSPS) is 21.0. The molecule has 2 aliphatic rings. The lowest BCUT2D eigenvalue weighted by Gasteiger charge is -2.20. The lowest BCUT2D eigenvalue weighted by molar-refractivity contribution is -0.115. The second-order valence-corrected chi connectivity index (χ2v) is 5.38. The first-order valence-electron chi connectivity index (χ1n) is 7.24. The van der Waals surface area contributed by atoms with Crippen molar-refractivity contribution in [2.24, 2.45) is 5.92 Å². The molecular formula is C17H20O2. The summed E-state index contributed by atoms with van der Waals surface area (Å²) in [5.74, 6) is 0.884. The van der Waals surface area contributed by atoms with Gasteiger partial charge in [0.2, 0.25) is 0 Å². The van der Waals surface area contributed by atoms with Crippen LogP contribution in [0.1, 0.15) is 44.3 Å². The molecule has 19 heavy (non-hydrogen) atoms. The Kier molecular flexibility index (Phi) is 3.52. The number of rotatable bonds is 5. The van der Waals surface area contributed by atoms with Gasteiger partial charge in [0.05, 0.1) is 0 Å². The topological polar surface area (TPSA) is 26.3 Å². The highest BCUT2D eigenvalue weighted by Crippen LogP contribution is 2.46. The van der Waals surface area contributed by atoms with Crippen molar-refractivity contribution >= 4 is 5.78 Å². The molecule has 1 aromatic carbocycles. The van der Waals surface area contributed by atoms with Gasteiger partial charge < -0.3 is 4.74 Å². The second-order valence-electron chi connectivity index (χ2n) is 5.38. The van der Waals surface area contributed by atoms with Crippen molar-refractivity contribution in [1.29, 1.82) is 0 Å². The summed E-state index contributed by atoms with van der Waals surface area (Å²) in [6.07, 6.45) is 3.89. The molecule has 1 unspecified atom stereocenters. The summed E-state index contributed by atoms with van der Waals surface area (Å²) in [4.78, 5) is 12.1. The quantitative estimate of drug-likeness (QED) is 0.800. The maximum Gasteiger partial charge on any atom is 0.159 e. The standard InChI is InChI=1S/C17H20O2/c1-2-19-17(13-6-4-3-5-7-13)14-10-11-15(18)16(14)12-8-9-12/h3-7,12,17H,2,8-11H2,1H3. The molecule has 3 rings (SSSR count). The highest BCUT2D eigenvalue weighted by molar-refractivity contribution is 5.99. The Morgan fingerprint density at radius 3 is 2.58 bits per heavy atom. The van der Waals surface area contributed by atoms with Gasteiger partial charge in [-0.25, -0.2) is 0 Å². The third kappa shape index (κ3) is 2.50. The Labute approximate surface area is 114 Å². The zero-order valence-corrected chi connectivity index (χ0v) is 11.4. The van der Waals surface area contributed by atoms with E-state index in [4.69, 9.17) is 4.74 Å². The number of ketones is 1. The molecule has 2 heteroatoms. The molecule has 0 aliphatic heterocycles. The Morgan fingerprint density at radius 1 is 1.21 bits per heavy atom. The number of hydrogen-bond donors (Lipinski definition) is 0. The number of carbonyl (C=O) groups is 1. The summed E-state index contributed by atoms with van der Waals surface area (Å²) in [6.45, 7) is 2.69. The van der Waals surface area contributed by atoms with Gasteiger partial charge in [0.1, 0.15) is 6.10 Å². The fourth-order valence-corrected chi connectivity index (χ4v) is 3.02. The Morgan fingerprint density at radius 2 is 1.95 bits per heavy atom. The van der Waals surface area contributed by atoms with Crippen LogP contribution >= 0.6 is 0 Å². The molecule has 0 bridgehead atoms. The molecule has 100 valence electrons. The summed E-state index contributed by atoms with van der Waals surface area (Å²) in [6, 6.07) is 10.3. The number of Topliss-reactive ketones (excluding diaryl/α,β-unsaturated/α-hetero) is 1. The van der Waals surface area contributed by atoms with E-state index < -0.39 is 0 Å². The largest absolute Gasteiger partial charge is 0.369 e. The first-order valence-corrected chi connectivity index (χ1v) is 7.24. The Balaban J connectivity index is 1.98. The first kappa shape index (κ1) is 12.6. The molecule has 1 atom stereocenters.